The average molecular weight is 303 g/mol. The first-order valence-corrected chi connectivity index (χ1v) is 7.13. The minimum atomic E-state index is -0.496. The Hall–Kier alpha value is -2.43. The van der Waals surface area contributed by atoms with Crippen molar-refractivity contribution < 1.29 is 18.7 Å². The first-order valence-electron chi connectivity index (χ1n) is 7.13. The van der Waals surface area contributed by atoms with Crippen LogP contribution in [0.3, 0.4) is 0 Å². The lowest BCUT2D eigenvalue weighted by atomic mass is 10.1. The third-order valence-corrected chi connectivity index (χ3v) is 3.52. The fraction of sp³-hybridized carbons (Fsp3) is 0.353. The molecule has 0 bridgehead atoms. The maximum Gasteiger partial charge on any atom is 0.374 e. The molecule has 118 valence electrons. The van der Waals surface area contributed by atoms with Gasteiger partial charge in [0.05, 0.1) is 14.2 Å². The average Bonchev–Trinajstić information content (AvgIpc) is 2.92. The van der Waals surface area contributed by atoms with Gasteiger partial charge in [-0.2, -0.15) is 0 Å². The highest BCUT2D eigenvalue weighted by atomic mass is 16.5. The van der Waals surface area contributed by atoms with Crippen LogP contribution in [0.1, 0.15) is 23.4 Å². The second-order valence-corrected chi connectivity index (χ2v) is 4.99. The summed E-state index contributed by atoms with van der Waals surface area (Å²) in [4.78, 5) is 13.9. The van der Waals surface area contributed by atoms with E-state index < -0.39 is 5.97 Å². The van der Waals surface area contributed by atoms with E-state index >= 15 is 0 Å². The molecule has 0 aliphatic carbocycles. The molecule has 0 N–H and O–H groups in total. The predicted molar refractivity (Wildman–Crippen MR) is 86.8 cm³/mol. The lowest BCUT2D eigenvalue weighted by Crippen LogP contribution is -2.17. The number of ether oxygens (including phenoxy) is 2. The van der Waals surface area contributed by atoms with Crippen LogP contribution in [0, 0.1) is 0 Å². The number of carbonyl (C=O) groups is 1. The normalized spacial score (nSPS) is 10.5. The molecular formula is C17H21NO4. The summed E-state index contributed by atoms with van der Waals surface area (Å²) in [6.45, 7) is 4.53. The van der Waals surface area contributed by atoms with Crippen molar-refractivity contribution in [2.45, 2.75) is 12.8 Å². The maximum absolute atomic E-state index is 11.9. The van der Waals surface area contributed by atoms with Crippen LogP contribution in [0.2, 0.25) is 0 Å². The molecule has 0 spiro atoms. The summed E-state index contributed by atoms with van der Waals surface area (Å²) < 4.78 is 15.8. The number of allylic oxidation sites excluding steroid dienone is 1. The minimum Gasteiger partial charge on any atom is -0.497 e. The molecule has 1 aromatic heterocycles. The summed E-state index contributed by atoms with van der Waals surface area (Å²) in [6.07, 6.45) is 3.78. The molecule has 0 radical (unpaired) electrons. The molecule has 0 saturated heterocycles. The second-order valence-electron chi connectivity index (χ2n) is 4.99. The number of furan rings is 1. The zero-order chi connectivity index (χ0) is 16.1. The quantitative estimate of drug-likeness (QED) is 0.444. The van der Waals surface area contributed by atoms with Crippen LogP contribution >= 0.6 is 0 Å². The molecule has 1 heterocycles. The first-order chi connectivity index (χ1) is 10.6. The van der Waals surface area contributed by atoms with Gasteiger partial charge in [0.2, 0.25) is 11.6 Å². The fourth-order valence-electron chi connectivity index (χ4n) is 2.33. The Morgan fingerprint density at radius 3 is 2.77 bits per heavy atom. The van der Waals surface area contributed by atoms with Gasteiger partial charge >= 0.3 is 5.97 Å². The lowest BCUT2D eigenvalue weighted by Gasteiger charge is -2.15. The Morgan fingerprint density at radius 1 is 1.36 bits per heavy atom. The van der Waals surface area contributed by atoms with Crippen molar-refractivity contribution in [1.29, 1.82) is 0 Å². The van der Waals surface area contributed by atoms with Crippen LogP contribution in [-0.2, 0) is 4.74 Å². The molecule has 2 aromatic rings. The number of hydrogen-bond donors (Lipinski definition) is 0. The van der Waals surface area contributed by atoms with Crippen LogP contribution in [0.4, 0.5) is 5.88 Å². The van der Waals surface area contributed by atoms with Gasteiger partial charge in [-0.25, -0.2) is 4.79 Å². The van der Waals surface area contributed by atoms with E-state index in [0.717, 1.165) is 24.8 Å². The smallest absolute Gasteiger partial charge is 0.374 e. The van der Waals surface area contributed by atoms with Crippen LogP contribution in [0.5, 0.6) is 5.75 Å². The molecule has 0 fully saturated rings. The summed E-state index contributed by atoms with van der Waals surface area (Å²) in [5, 5.41) is 1.55. The molecule has 0 saturated carbocycles. The van der Waals surface area contributed by atoms with Gasteiger partial charge in [-0.1, -0.05) is 6.08 Å². The number of rotatable bonds is 7. The minimum absolute atomic E-state index is 0.196. The maximum atomic E-state index is 11.9. The number of nitrogens with zero attached hydrogens (tertiary/aromatic N) is 1. The van der Waals surface area contributed by atoms with Crippen molar-refractivity contribution in [2.75, 3.05) is 32.7 Å². The van der Waals surface area contributed by atoms with Gasteiger partial charge < -0.3 is 18.8 Å². The van der Waals surface area contributed by atoms with Crippen molar-refractivity contribution >= 4 is 22.6 Å². The molecule has 0 unspecified atom stereocenters. The van der Waals surface area contributed by atoms with E-state index in [1.807, 2.05) is 30.2 Å². The first kappa shape index (κ1) is 15.9. The van der Waals surface area contributed by atoms with E-state index in [1.165, 1.54) is 7.11 Å². The van der Waals surface area contributed by atoms with E-state index in [1.54, 1.807) is 13.2 Å². The Bertz CT molecular complexity index is 675. The Kier molecular flexibility index (Phi) is 5.09. The molecule has 5 nitrogen and oxygen atoms in total. The molecule has 0 aliphatic heterocycles. The highest BCUT2D eigenvalue weighted by Crippen LogP contribution is 2.35. The van der Waals surface area contributed by atoms with Gasteiger partial charge in [0.15, 0.2) is 0 Å². The molecule has 2 rings (SSSR count). The molecular weight excluding hydrogens is 282 g/mol. The van der Waals surface area contributed by atoms with E-state index in [0.29, 0.717) is 17.0 Å². The molecule has 0 aliphatic rings. The summed E-state index contributed by atoms with van der Waals surface area (Å²) in [5.41, 5.74) is 0. The van der Waals surface area contributed by atoms with E-state index in [9.17, 15) is 4.79 Å². The largest absolute Gasteiger partial charge is 0.497 e. The fourth-order valence-corrected chi connectivity index (χ4v) is 2.33. The zero-order valence-corrected chi connectivity index (χ0v) is 13.2. The van der Waals surface area contributed by atoms with Gasteiger partial charge in [-0.3, -0.25) is 0 Å². The van der Waals surface area contributed by atoms with Gasteiger partial charge in [-0.05, 0) is 31.0 Å². The summed E-state index contributed by atoms with van der Waals surface area (Å²) in [7, 11) is 4.86. The van der Waals surface area contributed by atoms with Crippen molar-refractivity contribution in [1.82, 2.24) is 0 Å². The Balaban J connectivity index is 2.45. The van der Waals surface area contributed by atoms with Crippen LogP contribution < -0.4 is 9.64 Å². The SMILES string of the molecule is C=CCCCN(C)c1oc(C(=O)OC)c2cc(OC)ccc12. The molecule has 22 heavy (non-hydrogen) atoms. The highest BCUT2D eigenvalue weighted by molar-refractivity contribution is 6.06. The molecule has 0 amide bonds. The Morgan fingerprint density at radius 2 is 2.14 bits per heavy atom. The number of benzene rings is 1. The number of fused-ring (bicyclic) bond motifs is 1. The predicted octanol–water partition coefficient (Wildman–Crippen LogP) is 3.63. The number of anilines is 1. The van der Waals surface area contributed by atoms with Crippen molar-refractivity contribution in [3.8, 4) is 5.75 Å². The number of unbranched alkanes of at least 4 members (excludes halogenated alkanes) is 1. The third-order valence-electron chi connectivity index (χ3n) is 3.52. The summed E-state index contributed by atoms with van der Waals surface area (Å²) in [6, 6.07) is 5.52. The monoisotopic (exact) mass is 303 g/mol. The zero-order valence-electron chi connectivity index (χ0n) is 13.2. The van der Waals surface area contributed by atoms with Crippen LogP contribution in [-0.4, -0.2) is 33.8 Å². The van der Waals surface area contributed by atoms with Crippen molar-refractivity contribution in [3.63, 3.8) is 0 Å². The van der Waals surface area contributed by atoms with E-state index in [4.69, 9.17) is 13.9 Å². The number of esters is 1. The highest BCUT2D eigenvalue weighted by Gasteiger charge is 2.22. The molecule has 1 aromatic carbocycles. The van der Waals surface area contributed by atoms with Gasteiger partial charge in [0.1, 0.15) is 5.75 Å². The van der Waals surface area contributed by atoms with Gasteiger partial charge in [-0.15, -0.1) is 6.58 Å². The van der Waals surface area contributed by atoms with E-state index in [-0.39, 0.29) is 5.76 Å². The molecule has 0 atom stereocenters. The van der Waals surface area contributed by atoms with Crippen LogP contribution in [0.25, 0.3) is 10.8 Å². The van der Waals surface area contributed by atoms with Gasteiger partial charge in [0.25, 0.3) is 0 Å². The van der Waals surface area contributed by atoms with Crippen LogP contribution in [0.15, 0.2) is 35.3 Å². The van der Waals surface area contributed by atoms with E-state index in [2.05, 4.69) is 6.58 Å². The number of methoxy groups -OCH3 is 2. The standard InChI is InChI=1S/C17H21NO4/c1-5-6-7-10-18(2)16-13-9-8-12(20-3)11-14(13)15(22-16)17(19)21-4/h5,8-9,11H,1,6-7,10H2,2-4H3. The third kappa shape index (κ3) is 3.08. The number of hydrogen-bond acceptors (Lipinski definition) is 5. The lowest BCUT2D eigenvalue weighted by molar-refractivity contribution is 0.0569. The van der Waals surface area contributed by atoms with Crippen molar-refractivity contribution in [3.05, 3.63) is 36.6 Å². The topological polar surface area (TPSA) is 51.9 Å². The second kappa shape index (κ2) is 7.02. The number of carbonyl (C=O) groups excluding carboxylic acids is 1. The van der Waals surface area contributed by atoms with Gasteiger partial charge in [0, 0.05) is 24.4 Å². The molecule has 5 heteroatoms. The summed E-state index contributed by atoms with van der Waals surface area (Å²) in [5.74, 6) is 1.02. The summed E-state index contributed by atoms with van der Waals surface area (Å²) >= 11 is 0. The van der Waals surface area contributed by atoms with Crippen molar-refractivity contribution in [2.24, 2.45) is 0 Å². The Labute approximate surface area is 130 Å².